The third-order valence-electron chi connectivity index (χ3n) is 3.35. The predicted molar refractivity (Wildman–Crippen MR) is 85.2 cm³/mol. The molecule has 1 aromatic rings. The van der Waals surface area contributed by atoms with Crippen LogP contribution in [0, 0.1) is 0 Å². The molecule has 0 aliphatic carbocycles. The van der Waals surface area contributed by atoms with Gasteiger partial charge in [0.2, 0.25) is 0 Å². The van der Waals surface area contributed by atoms with Gasteiger partial charge in [0, 0.05) is 18.8 Å². The standard InChI is InChI=1S/C16H20F3N3O3/c1-15(2,3)25-14(24)21-12-8-22(9-12)13(23)20-11-6-4-10(5-7-11)16(17,18)19/h4-7,12H,8-9H2,1-3H3,(H,20,23)(H,21,24). The molecule has 1 aliphatic rings. The van der Waals surface area contributed by atoms with Crippen molar-refractivity contribution in [3.05, 3.63) is 29.8 Å². The highest BCUT2D eigenvalue weighted by molar-refractivity contribution is 5.90. The third-order valence-corrected chi connectivity index (χ3v) is 3.35. The van der Waals surface area contributed by atoms with E-state index in [1.807, 2.05) is 0 Å². The molecule has 0 spiro atoms. The van der Waals surface area contributed by atoms with E-state index in [9.17, 15) is 22.8 Å². The molecule has 0 saturated carbocycles. The highest BCUT2D eigenvalue weighted by Crippen LogP contribution is 2.29. The summed E-state index contributed by atoms with van der Waals surface area (Å²) in [4.78, 5) is 25.0. The number of nitrogens with one attached hydrogen (secondary N) is 2. The number of hydrogen-bond donors (Lipinski definition) is 2. The lowest BCUT2D eigenvalue weighted by molar-refractivity contribution is -0.137. The molecule has 0 aromatic heterocycles. The van der Waals surface area contributed by atoms with Crippen LogP contribution < -0.4 is 10.6 Å². The fourth-order valence-corrected chi connectivity index (χ4v) is 2.15. The number of ether oxygens (including phenoxy) is 1. The molecular weight excluding hydrogens is 339 g/mol. The normalized spacial score (nSPS) is 15.4. The van der Waals surface area contributed by atoms with Gasteiger partial charge in [-0.2, -0.15) is 13.2 Å². The third kappa shape index (κ3) is 5.54. The Bertz CT molecular complexity index is 633. The first-order valence-electron chi connectivity index (χ1n) is 7.67. The smallest absolute Gasteiger partial charge is 0.416 e. The first-order chi connectivity index (χ1) is 11.4. The highest BCUT2D eigenvalue weighted by Gasteiger charge is 2.33. The van der Waals surface area contributed by atoms with E-state index in [0.29, 0.717) is 13.1 Å². The molecule has 6 nitrogen and oxygen atoms in total. The van der Waals surface area contributed by atoms with Crippen LogP contribution in [0.4, 0.5) is 28.4 Å². The molecule has 2 rings (SSSR count). The van der Waals surface area contributed by atoms with E-state index in [4.69, 9.17) is 4.74 Å². The Hall–Kier alpha value is -2.45. The topological polar surface area (TPSA) is 70.7 Å². The summed E-state index contributed by atoms with van der Waals surface area (Å²) < 4.78 is 42.6. The monoisotopic (exact) mass is 359 g/mol. The summed E-state index contributed by atoms with van der Waals surface area (Å²) in [6.45, 7) is 5.84. The van der Waals surface area contributed by atoms with Crippen molar-refractivity contribution >= 4 is 17.8 Å². The molecule has 1 aliphatic heterocycles. The largest absolute Gasteiger partial charge is 0.444 e. The minimum atomic E-state index is -4.42. The van der Waals surface area contributed by atoms with Crippen molar-refractivity contribution in [2.75, 3.05) is 18.4 Å². The molecule has 1 aromatic carbocycles. The van der Waals surface area contributed by atoms with Gasteiger partial charge < -0.3 is 20.3 Å². The van der Waals surface area contributed by atoms with Crippen LogP contribution in [0.1, 0.15) is 26.3 Å². The Morgan fingerprint density at radius 2 is 1.68 bits per heavy atom. The molecule has 138 valence electrons. The number of alkyl halides is 3. The maximum Gasteiger partial charge on any atom is 0.416 e. The fraction of sp³-hybridized carbons (Fsp3) is 0.500. The number of carbonyl (C=O) groups excluding carboxylic acids is 2. The minimum Gasteiger partial charge on any atom is -0.444 e. The van der Waals surface area contributed by atoms with Gasteiger partial charge in [0.15, 0.2) is 0 Å². The Balaban J connectivity index is 1.78. The molecule has 3 amide bonds. The van der Waals surface area contributed by atoms with Crippen molar-refractivity contribution in [1.29, 1.82) is 0 Å². The first-order valence-corrected chi connectivity index (χ1v) is 7.67. The second-order valence-corrected chi connectivity index (χ2v) is 6.75. The lowest BCUT2D eigenvalue weighted by atomic mass is 10.1. The number of hydrogen-bond acceptors (Lipinski definition) is 3. The number of benzene rings is 1. The maximum absolute atomic E-state index is 12.5. The van der Waals surface area contributed by atoms with Crippen molar-refractivity contribution in [1.82, 2.24) is 10.2 Å². The summed E-state index contributed by atoms with van der Waals surface area (Å²) >= 11 is 0. The summed E-state index contributed by atoms with van der Waals surface area (Å²) in [6.07, 6.45) is -4.97. The Labute approximate surface area is 143 Å². The molecule has 0 radical (unpaired) electrons. The van der Waals surface area contributed by atoms with Crippen molar-refractivity contribution < 1.29 is 27.5 Å². The van der Waals surface area contributed by atoms with Gasteiger partial charge in [-0.1, -0.05) is 0 Å². The minimum absolute atomic E-state index is 0.215. The predicted octanol–water partition coefficient (Wildman–Crippen LogP) is 3.45. The summed E-state index contributed by atoms with van der Waals surface area (Å²) in [7, 11) is 0. The maximum atomic E-state index is 12.5. The zero-order valence-electron chi connectivity index (χ0n) is 14.1. The zero-order valence-corrected chi connectivity index (χ0v) is 14.1. The van der Waals surface area contributed by atoms with Gasteiger partial charge >= 0.3 is 18.3 Å². The van der Waals surface area contributed by atoms with E-state index < -0.39 is 29.5 Å². The Morgan fingerprint density at radius 1 is 1.12 bits per heavy atom. The highest BCUT2D eigenvalue weighted by atomic mass is 19.4. The molecule has 0 bridgehead atoms. The fourth-order valence-electron chi connectivity index (χ4n) is 2.15. The molecule has 1 heterocycles. The van der Waals surface area contributed by atoms with E-state index >= 15 is 0 Å². The first kappa shape index (κ1) is 18.9. The van der Waals surface area contributed by atoms with Gasteiger partial charge in [-0.15, -0.1) is 0 Å². The number of urea groups is 1. The van der Waals surface area contributed by atoms with Gasteiger partial charge in [0.1, 0.15) is 5.60 Å². The van der Waals surface area contributed by atoms with Gasteiger partial charge in [-0.25, -0.2) is 9.59 Å². The molecule has 25 heavy (non-hydrogen) atoms. The number of likely N-dealkylation sites (tertiary alicyclic amines) is 1. The van der Waals surface area contributed by atoms with Crippen LogP contribution in [0.5, 0.6) is 0 Å². The van der Waals surface area contributed by atoms with Crippen molar-refractivity contribution in [2.24, 2.45) is 0 Å². The van der Waals surface area contributed by atoms with Crippen molar-refractivity contribution in [3.63, 3.8) is 0 Å². The SMILES string of the molecule is CC(C)(C)OC(=O)NC1CN(C(=O)Nc2ccc(C(F)(F)F)cc2)C1. The van der Waals surface area contributed by atoms with Crippen LogP contribution in [0.25, 0.3) is 0 Å². The summed E-state index contributed by atoms with van der Waals surface area (Å²) in [5.74, 6) is 0. The number of carbonyl (C=O) groups is 2. The van der Waals surface area contributed by atoms with Crippen molar-refractivity contribution in [2.45, 2.75) is 38.6 Å². The number of anilines is 1. The average molecular weight is 359 g/mol. The van der Waals surface area contributed by atoms with Gasteiger partial charge in [0.05, 0.1) is 11.6 Å². The number of nitrogens with zero attached hydrogens (tertiary/aromatic N) is 1. The Morgan fingerprint density at radius 3 is 2.16 bits per heavy atom. The lowest BCUT2D eigenvalue weighted by Crippen LogP contribution is -2.62. The van der Waals surface area contributed by atoms with Crippen LogP contribution in [-0.4, -0.2) is 41.8 Å². The average Bonchev–Trinajstić information content (AvgIpc) is 2.39. The summed E-state index contributed by atoms with van der Waals surface area (Å²) in [5.41, 5.74) is -1.12. The van der Waals surface area contributed by atoms with E-state index in [0.717, 1.165) is 12.1 Å². The molecule has 2 N–H and O–H groups in total. The number of rotatable bonds is 2. The van der Waals surface area contributed by atoms with Crippen LogP contribution in [0.15, 0.2) is 24.3 Å². The molecule has 0 unspecified atom stereocenters. The van der Waals surface area contributed by atoms with E-state index in [2.05, 4.69) is 10.6 Å². The van der Waals surface area contributed by atoms with Crippen LogP contribution in [0.2, 0.25) is 0 Å². The number of halogens is 3. The summed E-state index contributed by atoms with van der Waals surface area (Å²) in [5, 5.41) is 5.15. The molecule has 1 saturated heterocycles. The number of alkyl carbamates (subject to hydrolysis) is 1. The molecular formula is C16H20F3N3O3. The second-order valence-electron chi connectivity index (χ2n) is 6.75. The molecule has 1 fully saturated rings. The van der Waals surface area contributed by atoms with Gasteiger partial charge in [-0.3, -0.25) is 0 Å². The van der Waals surface area contributed by atoms with Crippen LogP contribution in [-0.2, 0) is 10.9 Å². The van der Waals surface area contributed by atoms with Crippen LogP contribution in [0.3, 0.4) is 0 Å². The lowest BCUT2D eigenvalue weighted by Gasteiger charge is -2.39. The van der Waals surface area contributed by atoms with E-state index in [-0.39, 0.29) is 11.7 Å². The van der Waals surface area contributed by atoms with E-state index in [1.165, 1.54) is 17.0 Å². The van der Waals surface area contributed by atoms with E-state index in [1.54, 1.807) is 20.8 Å². The quantitative estimate of drug-likeness (QED) is 0.850. The van der Waals surface area contributed by atoms with Gasteiger partial charge in [0.25, 0.3) is 0 Å². The Kier molecular flexibility index (Phi) is 5.15. The number of amides is 3. The van der Waals surface area contributed by atoms with Crippen LogP contribution >= 0.6 is 0 Å². The summed E-state index contributed by atoms with van der Waals surface area (Å²) in [6, 6.07) is 3.53. The molecule has 9 heteroatoms. The van der Waals surface area contributed by atoms with Crippen molar-refractivity contribution in [3.8, 4) is 0 Å². The second kappa shape index (κ2) is 6.81. The molecule has 0 atom stereocenters. The zero-order chi connectivity index (χ0) is 18.8. The van der Waals surface area contributed by atoms with Gasteiger partial charge in [-0.05, 0) is 45.0 Å².